The van der Waals surface area contributed by atoms with Gasteiger partial charge >= 0.3 is 0 Å². The van der Waals surface area contributed by atoms with E-state index in [1.807, 2.05) is 35.7 Å². The van der Waals surface area contributed by atoms with Crippen molar-refractivity contribution in [1.82, 2.24) is 15.1 Å². The largest absolute Gasteiger partial charge is 0.384 e. The Morgan fingerprint density at radius 3 is 2.95 bits per heavy atom. The Bertz CT molecular complexity index is 589. The zero-order valence-corrected chi connectivity index (χ0v) is 12.8. The maximum Gasteiger partial charge on any atom is 0.276 e. The first-order valence-electron chi connectivity index (χ1n) is 6.57. The van der Waals surface area contributed by atoms with Gasteiger partial charge in [0.25, 0.3) is 5.89 Å². The summed E-state index contributed by atoms with van der Waals surface area (Å²) in [6.07, 6.45) is 1.11. The number of nitrogens with two attached hydrogens (primary N) is 1. The average Bonchev–Trinajstić information content (AvgIpc) is 2.97. The van der Waals surface area contributed by atoms with Crippen molar-refractivity contribution in [3.8, 4) is 11.6 Å². The minimum absolute atomic E-state index is 0.303. The molecule has 20 heavy (non-hydrogen) atoms. The van der Waals surface area contributed by atoms with Gasteiger partial charge in [0.15, 0.2) is 5.82 Å². The second-order valence-corrected chi connectivity index (χ2v) is 7.11. The first-order valence-corrected chi connectivity index (χ1v) is 8.67. The van der Waals surface area contributed by atoms with Gasteiger partial charge in [-0.15, -0.1) is 11.8 Å². The third-order valence-corrected chi connectivity index (χ3v) is 6.38. The van der Waals surface area contributed by atoms with E-state index in [9.17, 15) is 0 Å². The van der Waals surface area contributed by atoms with Crippen molar-refractivity contribution in [2.24, 2.45) is 0 Å². The van der Waals surface area contributed by atoms with E-state index in [0.29, 0.717) is 27.9 Å². The number of nitrogen functional groups attached to an aromatic ring is 1. The monoisotopic (exact) mass is 308 g/mol. The van der Waals surface area contributed by atoms with Crippen LogP contribution in [0.3, 0.4) is 0 Å². The minimum Gasteiger partial charge on any atom is -0.384 e. The van der Waals surface area contributed by atoms with Crippen molar-refractivity contribution in [3.63, 3.8) is 0 Å². The van der Waals surface area contributed by atoms with Crippen molar-refractivity contribution in [2.75, 3.05) is 17.2 Å². The summed E-state index contributed by atoms with van der Waals surface area (Å²) in [4.78, 5) is 8.72. The molecule has 2 atom stereocenters. The average molecular weight is 308 g/mol. The van der Waals surface area contributed by atoms with Crippen LogP contribution in [0.4, 0.5) is 5.82 Å². The molecule has 0 aliphatic carbocycles. The van der Waals surface area contributed by atoms with Crippen molar-refractivity contribution in [3.05, 3.63) is 24.0 Å². The van der Waals surface area contributed by atoms with Gasteiger partial charge in [-0.3, -0.25) is 0 Å². The number of rotatable bonds is 3. The lowest BCUT2D eigenvalue weighted by molar-refractivity contribution is 0.420. The zero-order chi connectivity index (χ0) is 13.9. The SMILES string of the molecule is CCC1SCCSC1c1noc(-c2cccc(N)n2)n1. The fraction of sp³-hybridized carbons (Fsp3) is 0.462. The van der Waals surface area contributed by atoms with Crippen LogP contribution in [0.2, 0.25) is 0 Å². The molecule has 5 nitrogen and oxygen atoms in total. The van der Waals surface area contributed by atoms with Gasteiger partial charge in [0, 0.05) is 16.8 Å². The van der Waals surface area contributed by atoms with Crippen molar-refractivity contribution >= 4 is 29.3 Å². The molecule has 0 saturated carbocycles. The van der Waals surface area contributed by atoms with Crippen LogP contribution < -0.4 is 5.73 Å². The highest BCUT2D eigenvalue weighted by molar-refractivity contribution is 8.06. The summed E-state index contributed by atoms with van der Waals surface area (Å²) in [5.74, 6) is 4.00. The Labute approximate surface area is 126 Å². The van der Waals surface area contributed by atoms with Gasteiger partial charge < -0.3 is 10.3 Å². The van der Waals surface area contributed by atoms with Gasteiger partial charge in [-0.2, -0.15) is 16.7 Å². The van der Waals surface area contributed by atoms with E-state index in [0.717, 1.165) is 18.0 Å². The molecular weight excluding hydrogens is 292 g/mol. The summed E-state index contributed by atoms with van der Waals surface area (Å²) in [5, 5.41) is 5.00. The molecule has 0 radical (unpaired) electrons. The molecule has 0 bridgehead atoms. The van der Waals surface area contributed by atoms with Gasteiger partial charge in [0.1, 0.15) is 11.5 Å². The summed E-state index contributed by atoms with van der Waals surface area (Å²) in [5.41, 5.74) is 6.31. The molecule has 2 unspecified atom stereocenters. The van der Waals surface area contributed by atoms with Crippen LogP contribution in [0.25, 0.3) is 11.6 Å². The van der Waals surface area contributed by atoms with Crippen LogP contribution >= 0.6 is 23.5 Å². The van der Waals surface area contributed by atoms with Crippen molar-refractivity contribution < 1.29 is 4.52 Å². The predicted molar refractivity (Wildman–Crippen MR) is 83.7 cm³/mol. The van der Waals surface area contributed by atoms with E-state index in [4.69, 9.17) is 10.3 Å². The predicted octanol–water partition coefficient (Wildman–Crippen LogP) is 3.01. The molecule has 0 aromatic carbocycles. The summed E-state index contributed by atoms with van der Waals surface area (Å²) in [6.45, 7) is 2.21. The molecule has 2 aromatic heterocycles. The molecule has 1 aliphatic rings. The Morgan fingerprint density at radius 1 is 1.30 bits per heavy atom. The molecular formula is C13H16N4OS2. The van der Waals surface area contributed by atoms with Gasteiger partial charge in [-0.25, -0.2) is 4.98 Å². The quantitative estimate of drug-likeness (QED) is 0.933. The number of thioether (sulfide) groups is 2. The Balaban J connectivity index is 1.86. The number of hydrogen-bond acceptors (Lipinski definition) is 7. The lowest BCUT2D eigenvalue weighted by Crippen LogP contribution is -2.19. The maximum absolute atomic E-state index is 5.68. The lowest BCUT2D eigenvalue weighted by atomic mass is 10.2. The second kappa shape index (κ2) is 6.05. The van der Waals surface area contributed by atoms with E-state index < -0.39 is 0 Å². The zero-order valence-electron chi connectivity index (χ0n) is 11.2. The molecule has 3 rings (SSSR count). The molecule has 106 valence electrons. The molecule has 3 heterocycles. The topological polar surface area (TPSA) is 77.8 Å². The first-order chi connectivity index (χ1) is 9.78. The molecule has 0 spiro atoms. The summed E-state index contributed by atoms with van der Waals surface area (Å²) in [6, 6.07) is 5.40. The van der Waals surface area contributed by atoms with Crippen LogP contribution in [0.15, 0.2) is 22.7 Å². The number of aromatic nitrogens is 3. The third-order valence-electron chi connectivity index (χ3n) is 3.14. The number of nitrogens with zero attached hydrogens (tertiary/aromatic N) is 3. The van der Waals surface area contributed by atoms with Gasteiger partial charge in [-0.1, -0.05) is 18.1 Å². The van der Waals surface area contributed by atoms with Crippen LogP contribution in [0.5, 0.6) is 0 Å². The lowest BCUT2D eigenvalue weighted by Gasteiger charge is -2.27. The standard InChI is InChI=1S/C13H16N4OS2/c1-2-9-11(20-7-6-19-9)12-16-13(18-17-12)8-4-3-5-10(14)15-8/h3-5,9,11H,2,6-7H2,1H3,(H2,14,15). The smallest absolute Gasteiger partial charge is 0.276 e. The number of anilines is 1. The summed E-state index contributed by atoms with van der Waals surface area (Å²) >= 11 is 3.91. The van der Waals surface area contributed by atoms with E-state index in [1.165, 1.54) is 5.75 Å². The Kier molecular flexibility index (Phi) is 4.16. The third kappa shape index (κ3) is 2.78. The van der Waals surface area contributed by atoms with Gasteiger partial charge in [0.05, 0.1) is 5.25 Å². The van der Waals surface area contributed by atoms with E-state index in [-0.39, 0.29) is 0 Å². The fourth-order valence-corrected chi connectivity index (χ4v) is 5.15. The number of hydrogen-bond donors (Lipinski definition) is 1. The van der Waals surface area contributed by atoms with E-state index >= 15 is 0 Å². The summed E-state index contributed by atoms with van der Waals surface area (Å²) < 4.78 is 5.35. The molecule has 0 amide bonds. The van der Waals surface area contributed by atoms with Crippen LogP contribution in [0.1, 0.15) is 24.4 Å². The first kappa shape index (κ1) is 13.8. The van der Waals surface area contributed by atoms with Crippen LogP contribution in [-0.4, -0.2) is 31.9 Å². The molecule has 1 aliphatic heterocycles. The van der Waals surface area contributed by atoms with E-state index in [2.05, 4.69) is 22.0 Å². The molecule has 7 heteroatoms. The highest BCUT2D eigenvalue weighted by Crippen LogP contribution is 2.43. The Morgan fingerprint density at radius 2 is 2.15 bits per heavy atom. The molecule has 2 N–H and O–H groups in total. The normalized spacial score (nSPS) is 22.9. The maximum atomic E-state index is 5.68. The Hall–Kier alpha value is -1.21. The highest BCUT2D eigenvalue weighted by Gasteiger charge is 2.30. The number of pyridine rings is 1. The van der Waals surface area contributed by atoms with Gasteiger partial charge in [-0.05, 0) is 18.6 Å². The van der Waals surface area contributed by atoms with Crippen LogP contribution in [-0.2, 0) is 0 Å². The highest BCUT2D eigenvalue weighted by atomic mass is 32.2. The molecule has 1 fully saturated rings. The fourth-order valence-electron chi connectivity index (χ4n) is 2.17. The molecule has 2 aromatic rings. The second-order valence-electron chi connectivity index (χ2n) is 4.51. The summed E-state index contributed by atoms with van der Waals surface area (Å²) in [7, 11) is 0. The van der Waals surface area contributed by atoms with E-state index in [1.54, 1.807) is 6.07 Å². The van der Waals surface area contributed by atoms with Crippen LogP contribution in [0, 0.1) is 0 Å². The minimum atomic E-state index is 0.303. The van der Waals surface area contributed by atoms with Crippen molar-refractivity contribution in [2.45, 2.75) is 23.8 Å². The van der Waals surface area contributed by atoms with Gasteiger partial charge in [0.2, 0.25) is 0 Å². The van der Waals surface area contributed by atoms with Crippen molar-refractivity contribution in [1.29, 1.82) is 0 Å². The molecule has 1 saturated heterocycles.